The Hall–Kier alpha value is -1.06. The fraction of sp³-hybridized carbons (Fsp3) is 0.818. The van der Waals surface area contributed by atoms with E-state index in [2.05, 4.69) is 0 Å². The van der Waals surface area contributed by atoms with Crippen LogP contribution in [0.15, 0.2) is 0 Å². The first-order chi connectivity index (χ1) is 7.02. The predicted octanol–water partition coefficient (Wildman–Crippen LogP) is 0.964. The molecule has 0 aliphatic heterocycles. The van der Waals surface area contributed by atoms with Crippen LogP contribution < -0.4 is 0 Å². The van der Waals surface area contributed by atoms with Gasteiger partial charge in [-0.15, -0.1) is 0 Å². The van der Waals surface area contributed by atoms with Crippen molar-refractivity contribution in [1.29, 1.82) is 0 Å². The first kappa shape index (κ1) is 10.5. The molecule has 2 saturated carbocycles. The van der Waals surface area contributed by atoms with Crippen molar-refractivity contribution in [3.8, 4) is 0 Å². The molecular weight excluding hydrogens is 194 g/mol. The summed E-state index contributed by atoms with van der Waals surface area (Å²) in [6, 6.07) is -0.710. The van der Waals surface area contributed by atoms with Crippen molar-refractivity contribution >= 4 is 11.9 Å². The van der Waals surface area contributed by atoms with Gasteiger partial charge in [0.05, 0.1) is 0 Å². The van der Waals surface area contributed by atoms with Gasteiger partial charge in [0.15, 0.2) is 0 Å². The highest BCUT2D eigenvalue weighted by Gasteiger charge is 2.52. The third kappa shape index (κ3) is 1.98. The van der Waals surface area contributed by atoms with Crippen LogP contribution in [0.1, 0.15) is 26.2 Å². The van der Waals surface area contributed by atoms with Crippen LogP contribution in [-0.4, -0.2) is 35.0 Å². The topological polar surface area (TPSA) is 57.6 Å². The van der Waals surface area contributed by atoms with E-state index in [4.69, 9.17) is 5.11 Å². The number of likely N-dealkylation sites (N-methyl/N-ethyl adjacent to an activating group) is 1. The van der Waals surface area contributed by atoms with Gasteiger partial charge in [0.25, 0.3) is 0 Å². The lowest BCUT2D eigenvalue weighted by Crippen LogP contribution is -2.41. The van der Waals surface area contributed by atoms with E-state index in [0.29, 0.717) is 5.92 Å². The zero-order chi connectivity index (χ0) is 11.2. The second-order valence-corrected chi connectivity index (χ2v) is 4.81. The molecular formula is C11H17NO3. The van der Waals surface area contributed by atoms with E-state index in [-0.39, 0.29) is 11.8 Å². The highest BCUT2D eigenvalue weighted by atomic mass is 16.4. The van der Waals surface area contributed by atoms with Gasteiger partial charge < -0.3 is 10.0 Å². The number of carbonyl (C=O) groups is 2. The van der Waals surface area contributed by atoms with Crippen LogP contribution >= 0.6 is 0 Å². The lowest BCUT2D eigenvalue weighted by atomic mass is 10.2. The Morgan fingerprint density at radius 3 is 2.47 bits per heavy atom. The highest BCUT2D eigenvalue weighted by Crippen LogP contribution is 2.54. The SMILES string of the molecule is CC(C(=O)O)N(C)C(=O)C1CC1C1CC1. The van der Waals surface area contributed by atoms with Crippen molar-refractivity contribution in [2.45, 2.75) is 32.2 Å². The van der Waals surface area contributed by atoms with Crippen molar-refractivity contribution in [2.75, 3.05) is 7.05 Å². The van der Waals surface area contributed by atoms with Crippen LogP contribution in [0, 0.1) is 17.8 Å². The minimum Gasteiger partial charge on any atom is -0.480 e. The van der Waals surface area contributed by atoms with E-state index in [1.807, 2.05) is 0 Å². The van der Waals surface area contributed by atoms with E-state index in [1.54, 1.807) is 14.0 Å². The van der Waals surface area contributed by atoms with Crippen LogP contribution in [-0.2, 0) is 9.59 Å². The van der Waals surface area contributed by atoms with E-state index < -0.39 is 12.0 Å². The largest absolute Gasteiger partial charge is 0.480 e. The number of hydrogen-bond acceptors (Lipinski definition) is 2. The first-order valence-corrected chi connectivity index (χ1v) is 5.52. The number of carboxylic acids is 1. The average molecular weight is 211 g/mol. The Morgan fingerprint density at radius 2 is 2.00 bits per heavy atom. The average Bonchev–Trinajstić information content (AvgIpc) is 3.02. The molecule has 84 valence electrons. The highest BCUT2D eigenvalue weighted by molar-refractivity contribution is 5.86. The monoisotopic (exact) mass is 211 g/mol. The molecule has 0 aromatic heterocycles. The van der Waals surface area contributed by atoms with E-state index in [9.17, 15) is 9.59 Å². The molecule has 0 aromatic carbocycles. The summed E-state index contributed by atoms with van der Waals surface area (Å²) in [7, 11) is 1.59. The van der Waals surface area contributed by atoms with Gasteiger partial charge in [-0.05, 0) is 38.0 Å². The molecule has 3 atom stereocenters. The zero-order valence-corrected chi connectivity index (χ0v) is 9.14. The molecule has 3 unspecified atom stereocenters. The molecule has 0 aromatic rings. The van der Waals surface area contributed by atoms with Crippen LogP contribution in [0.3, 0.4) is 0 Å². The standard InChI is InChI=1S/C11H17NO3/c1-6(11(14)15)12(2)10(13)9-5-8(9)7-3-4-7/h6-9H,3-5H2,1-2H3,(H,14,15). The maximum Gasteiger partial charge on any atom is 0.326 e. The second kappa shape index (κ2) is 3.51. The number of rotatable bonds is 4. The van der Waals surface area contributed by atoms with Crippen molar-refractivity contribution < 1.29 is 14.7 Å². The first-order valence-electron chi connectivity index (χ1n) is 5.52. The molecule has 2 aliphatic rings. The number of carbonyl (C=O) groups excluding carboxylic acids is 1. The lowest BCUT2D eigenvalue weighted by Gasteiger charge is -2.21. The second-order valence-electron chi connectivity index (χ2n) is 4.81. The van der Waals surface area contributed by atoms with Gasteiger partial charge in [-0.2, -0.15) is 0 Å². The van der Waals surface area contributed by atoms with Crippen LogP contribution in [0.2, 0.25) is 0 Å². The number of amides is 1. The van der Waals surface area contributed by atoms with Crippen molar-refractivity contribution in [1.82, 2.24) is 4.90 Å². The van der Waals surface area contributed by atoms with Gasteiger partial charge >= 0.3 is 5.97 Å². The van der Waals surface area contributed by atoms with Crippen molar-refractivity contribution in [3.63, 3.8) is 0 Å². The Balaban J connectivity index is 1.88. The third-order valence-corrected chi connectivity index (χ3v) is 3.67. The lowest BCUT2D eigenvalue weighted by molar-refractivity contribution is -0.148. The number of hydrogen-bond donors (Lipinski definition) is 1. The molecule has 15 heavy (non-hydrogen) atoms. The molecule has 2 rings (SSSR count). The van der Waals surface area contributed by atoms with E-state index in [0.717, 1.165) is 12.3 Å². The third-order valence-electron chi connectivity index (χ3n) is 3.67. The summed E-state index contributed by atoms with van der Waals surface area (Å²) in [6.07, 6.45) is 3.49. The minimum atomic E-state index is -0.936. The maximum atomic E-state index is 11.9. The molecule has 1 amide bonds. The Kier molecular flexibility index (Phi) is 2.44. The van der Waals surface area contributed by atoms with Crippen LogP contribution in [0.4, 0.5) is 0 Å². The number of aliphatic carboxylic acids is 1. The summed E-state index contributed by atoms with van der Waals surface area (Å²) in [5.74, 6) is 0.508. The van der Waals surface area contributed by atoms with Gasteiger partial charge in [0.2, 0.25) is 5.91 Å². The summed E-state index contributed by atoms with van der Waals surface area (Å²) in [6.45, 7) is 1.55. The molecule has 0 heterocycles. The quantitative estimate of drug-likeness (QED) is 0.753. The zero-order valence-electron chi connectivity index (χ0n) is 9.14. The molecule has 1 N–H and O–H groups in total. The smallest absolute Gasteiger partial charge is 0.326 e. The fourth-order valence-electron chi connectivity index (χ4n) is 2.16. The van der Waals surface area contributed by atoms with Crippen molar-refractivity contribution in [3.05, 3.63) is 0 Å². The molecule has 2 fully saturated rings. The van der Waals surface area contributed by atoms with Gasteiger partial charge in [0.1, 0.15) is 6.04 Å². The predicted molar refractivity (Wildman–Crippen MR) is 54.2 cm³/mol. The normalized spacial score (nSPS) is 30.8. The maximum absolute atomic E-state index is 11.9. The Labute approximate surface area is 89.3 Å². The molecule has 0 bridgehead atoms. The number of carboxylic acid groups (broad SMARTS) is 1. The molecule has 4 heteroatoms. The van der Waals surface area contributed by atoms with Gasteiger partial charge in [0, 0.05) is 13.0 Å². The minimum absolute atomic E-state index is 0.0156. The molecule has 0 spiro atoms. The van der Waals surface area contributed by atoms with Crippen LogP contribution in [0.25, 0.3) is 0 Å². The Morgan fingerprint density at radius 1 is 1.40 bits per heavy atom. The van der Waals surface area contributed by atoms with Gasteiger partial charge in [-0.3, -0.25) is 4.79 Å². The summed E-state index contributed by atoms with van der Waals surface area (Å²) in [4.78, 5) is 23.9. The molecule has 0 radical (unpaired) electrons. The van der Waals surface area contributed by atoms with Gasteiger partial charge in [-0.1, -0.05) is 0 Å². The number of nitrogens with zero attached hydrogens (tertiary/aromatic N) is 1. The van der Waals surface area contributed by atoms with Crippen LogP contribution in [0.5, 0.6) is 0 Å². The summed E-state index contributed by atoms with van der Waals surface area (Å²) in [5, 5.41) is 8.80. The summed E-state index contributed by atoms with van der Waals surface area (Å²) < 4.78 is 0. The molecule has 0 saturated heterocycles. The van der Waals surface area contributed by atoms with Crippen molar-refractivity contribution in [2.24, 2.45) is 17.8 Å². The fourth-order valence-corrected chi connectivity index (χ4v) is 2.16. The van der Waals surface area contributed by atoms with E-state index in [1.165, 1.54) is 17.7 Å². The summed E-state index contributed by atoms with van der Waals surface area (Å²) >= 11 is 0. The molecule has 4 nitrogen and oxygen atoms in total. The summed E-state index contributed by atoms with van der Waals surface area (Å²) in [5.41, 5.74) is 0. The van der Waals surface area contributed by atoms with Gasteiger partial charge in [-0.25, -0.2) is 4.79 Å². The van der Waals surface area contributed by atoms with E-state index >= 15 is 0 Å². The molecule has 2 aliphatic carbocycles. The Bertz CT molecular complexity index is 298.